The Morgan fingerprint density at radius 2 is 1.86 bits per heavy atom. The van der Waals surface area contributed by atoms with E-state index in [0.29, 0.717) is 37.7 Å². The second-order valence-corrected chi connectivity index (χ2v) is 9.40. The summed E-state index contributed by atoms with van der Waals surface area (Å²) in [6.07, 6.45) is 0.789. The molecule has 1 aliphatic rings. The number of methoxy groups -OCH3 is 1. The van der Waals surface area contributed by atoms with Crippen molar-refractivity contribution in [3.05, 3.63) is 76.0 Å². The molecule has 0 atom stereocenters. The number of aryl methyl sites for hydroxylation is 1. The number of urea groups is 1. The average molecular weight is 510 g/mol. The average Bonchev–Trinajstić information content (AvgIpc) is 3.58. The third-order valence-electron chi connectivity index (χ3n) is 5.91. The molecule has 2 aromatic carbocycles. The number of nitrogens with zero attached hydrogens (tertiary/aromatic N) is 2. The lowest BCUT2D eigenvalue weighted by Crippen LogP contribution is -2.45. The highest BCUT2D eigenvalue weighted by molar-refractivity contribution is 7.09. The maximum atomic E-state index is 13.6. The first-order valence-electron chi connectivity index (χ1n) is 11.9. The molecule has 0 bridgehead atoms. The van der Waals surface area contributed by atoms with Crippen LogP contribution in [-0.4, -0.2) is 55.3 Å². The van der Waals surface area contributed by atoms with Crippen LogP contribution in [0.25, 0.3) is 0 Å². The third-order valence-corrected chi connectivity index (χ3v) is 6.77. The first-order valence-corrected chi connectivity index (χ1v) is 12.8. The molecule has 4 rings (SSSR count). The summed E-state index contributed by atoms with van der Waals surface area (Å²) in [5.74, 6) is 1.22. The molecule has 0 radical (unpaired) electrons. The largest absolute Gasteiger partial charge is 0.454 e. The van der Waals surface area contributed by atoms with Crippen molar-refractivity contribution in [3.63, 3.8) is 0 Å². The number of amides is 3. The van der Waals surface area contributed by atoms with Gasteiger partial charge in [0.15, 0.2) is 11.5 Å². The van der Waals surface area contributed by atoms with Gasteiger partial charge in [-0.15, -0.1) is 11.3 Å². The monoisotopic (exact) mass is 509 g/mol. The molecule has 1 N–H and O–H groups in total. The van der Waals surface area contributed by atoms with Crippen LogP contribution in [0.2, 0.25) is 0 Å². The van der Waals surface area contributed by atoms with E-state index >= 15 is 0 Å². The quantitative estimate of drug-likeness (QED) is 0.404. The van der Waals surface area contributed by atoms with Crippen LogP contribution < -0.4 is 14.8 Å². The summed E-state index contributed by atoms with van der Waals surface area (Å²) >= 11 is 1.59. The second-order valence-electron chi connectivity index (χ2n) is 8.37. The number of para-hydroxylation sites is 1. The van der Waals surface area contributed by atoms with Gasteiger partial charge in [0.05, 0.1) is 13.2 Å². The first-order chi connectivity index (χ1) is 17.6. The number of benzene rings is 2. The Labute approximate surface area is 215 Å². The van der Waals surface area contributed by atoms with Gasteiger partial charge >= 0.3 is 6.03 Å². The fraction of sp³-hybridized carbons (Fsp3) is 0.333. The number of thiophene rings is 1. The normalized spacial score (nSPS) is 11.8. The molecule has 0 unspecified atom stereocenters. The van der Waals surface area contributed by atoms with E-state index in [0.717, 1.165) is 28.1 Å². The number of nitrogens with one attached hydrogen (secondary N) is 1. The van der Waals surface area contributed by atoms with Crippen LogP contribution in [-0.2, 0) is 29.0 Å². The Morgan fingerprint density at radius 3 is 2.64 bits per heavy atom. The lowest BCUT2D eigenvalue weighted by Gasteiger charge is -2.28. The molecule has 1 aromatic heterocycles. The molecule has 0 saturated heterocycles. The van der Waals surface area contributed by atoms with Crippen molar-refractivity contribution in [1.29, 1.82) is 0 Å². The third kappa shape index (κ3) is 6.56. The van der Waals surface area contributed by atoms with E-state index in [1.807, 2.05) is 66.9 Å². The summed E-state index contributed by atoms with van der Waals surface area (Å²) in [7, 11) is 1.58. The summed E-state index contributed by atoms with van der Waals surface area (Å²) in [5.41, 5.74) is 2.70. The van der Waals surface area contributed by atoms with Gasteiger partial charge in [-0.2, -0.15) is 0 Å². The van der Waals surface area contributed by atoms with Gasteiger partial charge in [0.25, 0.3) is 0 Å². The summed E-state index contributed by atoms with van der Waals surface area (Å²) < 4.78 is 16.1. The molecule has 0 aliphatic carbocycles. The smallest absolute Gasteiger partial charge is 0.322 e. The van der Waals surface area contributed by atoms with Crippen molar-refractivity contribution in [2.75, 3.05) is 38.9 Å². The molecule has 190 valence electrons. The van der Waals surface area contributed by atoms with Crippen LogP contribution in [0, 0.1) is 0 Å². The van der Waals surface area contributed by atoms with E-state index in [9.17, 15) is 9.59 Å². The number of ether oxygens (including phenoxy) is 3. The highest BCUT2D eigenvalue weighted by atomic mass is 32.1. The Morgan fingerprint density at radius 1 is 1.03 bits per heavy atom. The zero-order valence-corrected chi connectivity index (χ0v) is 21.4. The molecule has 3 aromatic rings. The van der Waals surface area contributed by atoms with Gasteiger partial charge in [-0.05, 0) is 47.2 Å². The van der Waals surface area contributed by atoms with E-state index in [-0.39, 0.29) is 25.3 Å². The van der Waals surface area contributed by atoms with E-state index in [1.165, 1.54) is 4.90 Å². The van der Waals surface area contributed by atoms with Gasteiger partial charge in [-0.1, -0.05) is 37.3 Å². The molecule has 0 fully saturated rings. The fourth-order valence-electron chi connectivity index (χ4n) is 3.94. The summed E-state index contributed by atoms with van der Waals surface area (Å²) in [5, 5.41) is 4.96. The molecule has 2 heterocycles. The Bertz CT molecular complexity index is 1170. The number of carbonyl (C=O) groups is 2. The molecule has 1 aliphatic heterocycles. The molecular weight excluding hydrogens is 478 g/mol. The van der Waals surface area contributed by atoms with Crippen molar-refractivity contribution >= 4 is 29.0 Å². The van der Waals surface area contributed by atoms with E-state index in [2.05, 4.69) is 5.32 Å². The fourth-order valence-corrected chi connectivity index (χ4v) is 4.66. The van der Waals surface area contributed by atoms with Gasteiger partial charge in [-0.3, -0.25) is 4.79 Å². The zero-order valence-electron chi connectivity index (χ0n) is 20.6. The highest BCUT2D eigenvalue weighted by Crippen LogP contribution is 2.33. The molecular formula is C27H31N3O5S. The van der Waals surface area contributed by atoms with Gasteiger partial charge < -0.3 is 29.3 Å². The molecule has 36 heavy (non-hydrogen) atoms. The maximum Gasteiger partial charge on any atom is 0.322 e. The maximum absolute atomic E-state index is 13.6. The Kier molecular flexibility index (Phi) is 8.80. The molecule has 0 saturated carbocycles. The molecule has 0 spiro atoms. The van der Waals surface area contributed by atoms with E-state index in [4.69, 9.17) is 14.2 Å². The van der Waals surface area contributed by atoms with Gasteiger partial charge in [0.2, 0.25) is 12.7 Å². The zero-order chi connectivity index (χ0) is 25.3. The van der Waals surface area contributed by atoms with Crippen molar-refractivity contribution in [3.8, 4) is 11.5 Å². The van der Waals surface area contributed by atoms with Crippen molar-refractivity contribution in [1.82, 2.24) is 9.80 Å². The minimum absolute atomic E-state index is 0.0700. The van der Waals surface area contributed by atoms with Crippen LogP contribution in [0.4, 0.5) is 10.5 Å². The highest BCUT2D eigenvalue weighted by Gasteiger charge is 2.23. The number of hydrogen-bond acceptors (Lipinski definition) is 6. The van der Waals surface area contributed by atoms with Gasteiger partial charge in [0.1, 0.15) is 6.54 Å². The summed E-state index contributed by atoms with van der Waals surface area (Å²) in [6, 6.07) is 17.0. The lowest BCUT2D eigenvalue weighted by atomic mass is 10.1. The summed E-state index contributed by atoms with van der Waals surface area (Å²) in [4.78, 5) is 31.1. The standard InChI is InChI=1S/C27H31N3O5S/c1-3-21-7-4-5-9-23(21)28-27(32)29(12-13-33-2)18-26(31)30(17-22-8-6-14-36-22)16-20-10-11-24-25(15-20)35-19-34-24/h4-11,14-15H,3,12-13,16-19H2,1-2H3,(H,28,32). The topological polar surface area (TPSA) is 80.3 Å². The van der Waals surface area contributed by atoms with Gasteiger partial charge in [-0.25, -0.2) is 4.79 Å². The van der Waals surface area contributed by atoms with Crippen LogP contribution in [0.5, 0.6) is 11.5 Å². The number of rotatable bonds is 11. The van der Waals surface area contributed by atoms with Gasteiger partial charge in [0, 0.05) is 30.8 Å². The van der Waals surface area contributed by atoms with E-state index in [1.54, 1.807) is 23.3 Å². The lowest BCUT2D eigenvalue weighted by molar-refractivity contribution is -0.133. The Hall–Kier alpha value is -3.56. The predicted molar refractivity (Wildman–Crippen MR) is 139 cm³/mol. The molecule has 3 amide bonds. The Balaban J connectivity index is 1.50. The second kappa shape index (κ2) is 12.4. The molecule has 9 heteroatoms. The minimum Gasteiger partial charge on any atom is -0.454 e. The molecule has 8 nitrogen and oxygen atoms in total. The van der Waals surface area contributed by atoms with E-state index < -0.39 is 0 Å². The SMILES string of the molecule is CCc1ccccc1NC(=O)N(CCOC)CC(=O)N(Cc1ccc2c(c1)OCO2)Cc1cccs1. The number of fused-ring (bicyclic) bond motifs is 1. The van der Waals surface area contributed by atoms with Crippen molar-refractivity contribution < 1.29 is 23.8 Å². The first kappa shape index (κ1) is 25.5. The van der Waals surface area contributed by atoms with Crippen molar-refractivity contribution in [2.24, 2.45) is 0 Å². The van der Waals surface area contributed by atoms with Crippen LogP contribution in [0.3, 0.4) is 0 Å². The summed E-state index contributed by atoms with van der Waals surface area (Å²) in [6.45, 7) is 3.61. The number of hydrogen-bond donors (Lipinski definition) is 1. The van der Waals surface area contributed by atoms with Crippen LogP contribution in [0.1, 0.15) is 22.9 Å². The van der Waals surface area contributed by atoms with Crippen LogP contribution in [0.15, 0.2) is 60.0 Å². The number of carbonyl (C=O) groups excluding carboxylic acids is 2. The van der Waals surface area contributed by atoms with Crippen molar-refractivity contribution in [2.45, 2.75) is 26.4 Å². The minimum atomic E-state index is -0.333. The van der Waals surface area contributed by atoms with Crippen LogP contribution >= 0.6 is 11.3 Å². The predicted octanol–water partition coefficient (Wildman–Crippen LogP) is 4.75. The number of anilines is 1.